The minimum atomic E-state index is 0.699. The lowest BCUT2D eigenvalue weighted by molar-refractivity contribution is 0.304. The summed E-state index contributed by atoms with van der Waals surface area (Å²) < 4.78 is 5.76. The van der Waals surface area contributed by atoms with Gasteiger partial charge >= 0.3 is 0 Å². The lowest BCUT2D eigenvalue weighted by Gasteiger charge is -2.09. The highest BCUT2D eigenvalue weighted by Gasteiger charge is 1.97. The zero-order valence-electron chi connectivity index (χ0n) is 13.5. The summed E-state index contributed by atoms with van der Waals surface area (Å²) in [6, 6.07) is 8.47. The molecule has 0 saturated heterocycles. The lowest BCUT2D eigenvalue weighted by atomic mass is 10.2. The van der Waals surface area contributed by atoms with Crippen LogP contribution in [0.4, 0.5) is 0 Å². The Morgan fingerprint density at radius 3 is 2.35 bits per heavy atom. The summed E-state index contributed by atoms with van der Waals surface area (Å²) in [5, 5.41) is 3.45. The van der Waals surface area contributed by atoms with Crippen molar-refractivity contribution >= 4 is 0 Å². The molecule has 0 aliphatic carbocycles. The molecule has 0 saturated carbocycles. The highest BCUT2D eigenvalue weighted by molar-refractivity contribution is 5.27. The second-order valence-corrected chi connectivity index (χ2v) is 5.93. The zero-order valence-corrected chi connectivity index (χ0v) is 13.5. The van der Waals surface area contributed by atoms with Crippen LogP contribution in [0.1, 0.15) is 58.4 Å². The van der Waals surface area contributed by atoms with Gasteiger partial charge in [0, 0.05) is 6.54 Å². The highest BCUT2D eigenvalue weighted by Crippen LogP contribution is 2.13. The molecule has 0 amide bonds. The van der Waals surface area contributed by atoms with Gasteiger partial charge in [0.1, 0.15) is 5.75 Å². The van der Waals surface area contributed by atoms with Crippen molar-refractivity contribution in [3.05, 3.63) is 29.8 Å². The molecule has 0 radical (unpaired) electrons. The molecule has 114 valence electrons. The highest BCUT2D eigenvalue weighted by atomic mass is 16.5. The van der Waals surface area contributed by atoms with Crippen molar-refractivity contribution in [2.45, 2.75) is 59.4 Å². The van der Waals surface area contributed by atoms with Crippen molar-refractivity contribution in [1.29, 1.82) is 0 Å². The van der Waals surface area contributed by atoms with Gasteiger partial charge in [-0.1, -0.05) is 58.6 Å². The Labute approximate surface area is 124 Å². The van der Waals surface area contributed by atoms with E-state index in [1.54, 1.807) is 0 Å². The Morgan fingerprint density at radius 1 is 1.00 bits per heavy atom. The number of ether oxygens (including phenoxy) is 1. The first kappa shape index (κ1) is 17.0. The first-order chi connectivity index (χ1) is 9.72. The van der Waals surface area contributed by atoms with Crippen LogP contribution in [0.3, 0.4) is 0 Å². The maximum atomic E-state index is 5.76. The maximum Gasteiger partial charge on any atom is 0.119 e. The fraction of sp³-hybridized carbons (Fsp3) is 0.667. The number of hydrogen-bond acceptors (Lipinski definition) is 2. The first-order valence-corrected chi connectivity index (χ1v) is 8.14. The molecule has 1 N–H and O–H groups in total. The van der Waals surface area contributed by atoms with Crippen LogP contribution in [-0.2, 0) is 6.54 Å². The van der Waals surface area contributed by atoms with Crippen LogP contribution in [0.25, 0.3) is 0 Å². The monoisotopic (exact) mass is 277 g/mol. The second kappa shape index (κ2) is 10.7. The van der Waals surface area contributed by atoms with Gasteiger partial charge < -0.3 is 10.1 Å². The molecule has 2 heteroatoms. The van der Waals surface area contributed by atoms with Crippen molar-refractivity contribution in [2.75, 3.05) is 13.2 Å². The van der Waals surface area contributed by atoms with Crippen LogP contribution in [-0.4, -0.2) is 13.2 Å². The molecule has 0 unspecified atom stereocenters. The number of nitrogens with one attached hydrogen (secondary N) is 1. The topological polar surface area (TPSA) is 21.3 Å². The van der Waals surface area contributed by atoms with Gasteiger partial charge in [0.2, 0.25) is 0 Å². The van der Waals surface area contributed by atoms with Crippen LogP contribution < -0.4 is 10.1 Å². The predicted molar refractivity (Wildman–Crippen MR) is 87.2 cm³/mol. The van der Waals surface area contributed by atoms with E-state index in [0.29, 0.717) is 5.92 Å². The van der Waals surface area contributed by atoms with E-state index in [9.17, 15) is 0 Å². The van der Waals surface area contributed by atoms with Crippen molar-refractivity contribution in [3.8, 4) is 5.75 Å². The van der Waals surface area contributed by atoms with Crippen LogP contribution in [0.15, 0.2) is 24.3 Å². The molecular formula is C18H31NO. The van der Waals surface area contributed by atoms with Gasteiger partial charge in [-0.3, -0.25) is 0 Å². The molecule has 2 nitrogen and oxygen atoms in total. The van der Waals surface area contributed by atoms with E-state index >= 15 is 0 Å². The largest absolute Gasteiger partial charge is 0.494 e. The molecule has 0 aliphatic rings. The molecular weight excluding hydrogens is 246 g/mol. The molecule has 0 heterocycles. The van der Waals surface area contributed by atoms with Gasteiger partial charge in [-0.05, 0) is 36.6 Å². The Morgan fingerprint density at radius 2 is 1.70 bits per heavy atom. The predicted octanol–water partition coefficient (Wildman–Crippen LogP) is 4.78. The normalized spacial score (nSPS) is 11.0. The van der Waals surface area contributed by atoms with Gasteiger partial charge in [-0.2, -0.15) is 0 Å². The van der Waals surface area contributed by atoms with Crippen molar-refractivity contribution in [2.24, 2.45) is 5.92 Å². The molecule has 0 aliphatic heterocycles. The number of unbranched alkanes of at least 4 members (excludes halogenated alkanes) is 4. The quantitative estimate of drug-likeness (QED) is 0.588. The number of rotatable bonds is 11. The zero-order chi connectivity index (χ0) is 14.6. The molecule has 1 aromatic carbocycles. The number of hydrogen-bond donors (Lipinski definition) is 1. The molecule has 0 bridgehead atoms. The number of benzene rings is 1. The summed E-state index contributed by atoms with van der Waals surface area (Å²) in [6.45, 7) is 9.54. The minimum Gasteiger partial charge on any atom is -0.494 e. The van der Waals surface area contributed by atoms with Gasteiger partial charge in [0.05, 0.1) is 6.61 Å². The lowest BCUT2D eigenvalue weighted by Crippen LogP contribution is -2.18. The van der Waals surface area contributed by atoms with Crippen molar-refractivity contribution in [1.82, 2.24) is 5.32 Å². The van der Waals surface area contributed by atoms with E-state index in [2.05, 4.69) is 50.4 Å². The van der Waals surface area contributed by atoms with Gasteiger partial charge in [-0.25, -0.2) is 0 Å². The third-order valence-corrected chi connectivity index (χ3v) is 3.32. The van der Waals surface area contributed by atoms with Crippen LogP contribution in [0.5, 0.6) is 5.75 Å². The van der Waals surface area contributed by atoms with Gasteiger partial charge in [-0.15, -0.1) is 0 Å². The second-order valence-electron chi connectivity index (χ2n) is 5.93. The van der Waals surface area contributed by atoms with Crippen LogP contribution >= 0.6 is 0 Å². The van der Waals surface area contributed by atoms with Crippen LogP contribution in [0.2, 0.25) is 0 Å². The van der Waals surface area contributed by atoms with Gasteiger partial charge in [0.25, 0.3) is 0 Å². The molecule has 1 rings (SSSR count). The molecule has 0 aromatic heterocycles. The van der Waals surface area contributed by atoms with E-state index in [1.807, 2.05) is 0 Å². The Hall–Kier alpha value is -1.02. The maximum absolute atomic E-state index is 5.76. The van der Waals surface area contributed by atoms with Crippen LogP contribution in [0, 0.1) is 5.92 Å². The Kier molecular flexibility index (Phi) is 9.14. The summed E-state index contributed by atoms with van der Waals surface area (Å²) in [5.41, 5.74) is 1.32. The fourth-order valence-corrected chi connectivity index (χ4v) is 2.10. The summed E-state index contributed by atoms with van der Waals surface area (Å²) >= 11 is 0. The third kappa shape index (κ3) is 8.21. The van der Waals surface area contributed by atoms with Crippen molar-refractivity contribution in [3.63, 3.8) is 0 Å². The summed E-state index contributed by atoms with van der Waals surface area (Å²) in [4.78, 5) is 0. The van der Waals surface area contributed by atoms with E-state index in [4.69, 9.17) is 4.74 Å². The minimum absolute atomic E-state index is 0.699. The first-order valence-electron chi connectivity index (χ1n) is 8.14. The molecule has 1 aromatic rings. The van der Waals surface area contributed by atoms with E-state index < -0.39 is 0 Å². The van der Waals surface area contributed by atoms with Gasteiger partial charge in [0.15, 0.2) is 0 Å². The molecule has 20 heavy (non-hydrogen) atoms. The van der Waals surface area contributed by atoms with Crippen molar-refractivity contribution < 1.29 is 4.74 Å². The smallest absolute Gasteiger partial charge is 0.119 e. The Balaban J connectivity index is 2.15. The third-order valence-electron chi connectivity index (χ3n) is 3.32. The standard InChI is InChI=1S/C18H31NO/c1-4-5-6-7-8-13-20-18-11-9-17(10-12-18)15-19-14-16(2)3/h9-12,16,19H,4-8,13-15H2,1-3H3. The average Bonchev–Trinajstić information content (AvgIpc) is 2.44. The molecule has 0 spiro atoms. The fourth-order valence-electron chi connectivity index (χ4n) is 2.10. The summed E-state index contributed by atoms with van der Waals surface area (Å²) in [7, 11) is 0. The van der Waals surface area contributed by atoms with E-state index in [-0.39, 0.29) is 0 Å². The molecule has 0 atom stereocenters. The summed E-state index contributed by atoms with van der Waals surface area (Å²) in [5.74, 6) is 1.69. The SMILES string of the molecule is CCCCCCCOc1ccc(CNCC(C)C)cc1. The summed E-state index contributed by atoms with van der Waals surface area (Å²) in [6.07, 6.45) is 6.42. The average molecular weight is 277 g/mol. The molecule has 0 fully saturated rings. The Bertz CT molecular complexity index is 332. The van der Waals surface area contributed by atoms with E-state index in [1.165, 1.54) is 31.2 Å². The van der Waals surface area contributed by atoms with E-state index in [0.717, 1.165) is 31.9 Å².